The number of rotatable bonds is 4. The van der Waals surface area contributed by atoms with Crippen LogP contribution in [-0.4, -0.2) is 30.3 Å². The number of nitrogens with one attached hydrogen (secondary N) is 1. The van der Waals surface area contributed by atoms with Gasteiger partial charge in [-0.1, -0.05) is 66.4 Å². The number of hydrogen-bond donors (Lipinski definition) is 2. The molecule has 0 heterocycles. The number of alkyl carbamates (subject to hydrolysis) is 1. The van der Waals surface area contributed by atoms with Gasteiger partial charge in [-0.05, 0) is 46.9 Å². The van der Waals surface area contributed by atoms with Crippen LogP contribution < -0.4 is 5.32 Å². The Morgan fingerprint density at radius 2 is 1.65 bits per heavy atom. The van der Waals surface area contributed by atoms with Crippen molar-refractivity contribution < 1.29 is 19.4 Å². The quantitative estimate of drug-likeness (QED) is 0.616. The van der Waals surface area contributed by atoms with Crippen LogP contribution >= 0.6 is 0 Å². The van der Waals surface area contributed by atoms with Gasteiger partial charge in [-0.2, -0.15) is 0 Å². The highest BCUT2D eigenvalue weighted by Gasteiger charge is 2.28. The molecule has 0 unspecified atom stereocenters. The summed E-state index contributed by atoms with van der Waals surface area (Å²) in [5.74, 6) is 4.70. The highest BCUT2D eigenvalue weighted by molar-refractivity contribution is 5.89. The Balaban J connectivity index is 1.35. The van der Waals surface area contributed by atoms with Crippen LogP contribution in [0.3, 0.4) is 0 Å². The minimum atomic E-state index is -0.988. The zero-order valence-corrected chi connectivity index (χ0v) is 17.0. The zero-order chi connectivity index (χ0) is 21.8. The predicted molar refractivity (Wildman–Crippen MR) is 118 cm³/mol. The lowest BCUT2D eigenvalue weighted by Gasteiger charge is -2.14. The molecule has 3 aromatic carbocycles. The summed E-state index contributed by atoms with van der Waals surface area (Å²) in [6, 6.07) is 21.3. The molecule has 154 valence electrons. The number of hydrogen-bond acceptors (Lipinski definition) is 3. The van der Waals surface area contributed by atoms with Crippen LogP contribution in [0.1, 0.15) is 38.5 Å². The smallest absolute Gasteiger partial charge is 0.407 e. The van der Waals surface area contributed by atoms with Gasteiger partial charge in [0.1, 0.15) is 6.61 Å². The minimum absolute atomic E-state index is 0.00577. The van der Waals surface area contributed by atoms with Gasteiger partial charge in [-0.25, -0.2) is 9.59 Å². The molecule has 2 N–H and O–H groups in total. The van der Waals surface area contributed by atoms with E-state index in [0.29, 0.717) is 11.1 Å². The van der Waals surface area contributed by atoms with Crippen molar-refractivity contribution >= 4 is 12.1 Å². The second kappa shape index (κ2) is 8.76. The first-order chi connectivity index (χ1) is 15.0. The van der Waals surface area contributed by atoms with Crippen LogP contribution in [0.2, 0.25) is 0 Å². The van der Waals surface area contributed by atoms with Crippen LogP contribution in [-0.2, 0) is 4.74 Å². The van der Waals surface area contributed by atoms with Crippen molar-refractivity contribution in [2.24, 2.45) is 0 Å². The molecule has 31 heavy (non-hydrogen) atoms. The largest absolute Gasteiger partial charge is 0.478 e. The van der Waals surface area contributed by atoms with Crippen molar-refractivity contribution in [3.05, 3.63) is 94.5 Å². The molecule has 0 aromatic heterocycles. The van der Waals surface area contributed by atoms with Gasteiger partial charge in [0.2, 0.25) is 0 Å². The van der Waals surface area contributed by atoms with E-state index in [1.54, 1.807) is 19.1 Å². The first-order valence-corrected chi connectivity index (χ1v) is 9.96. The van der Waals surface area contributed by atoms with Crippen molar-refractivity contribution in [3.8, 4) is 23.0 Å². The average molecular weight is 411 g/mol. The van der Waals surface area contributed by atoms with Crippen molar-refractivity contribution in [1.82, 2.24) is 5.32 Å². The third-order valence-corrected chi connectivity index (χ3v) is 5.37. The lowest BCUT2D eigenvalue weighted by molar-refractivity contribution is 0.0696. The molecule has 5 heteroatoms. The molecule has 0 fully saturated rings. The maximum absolute atomic E-state index is 12.1. The predicted octanol–water partition coefficient (Wildman–Crippen LogP) is 4.58. The van der Waals surface area contributed by atoms with Crippen LogP contribution in [0.5, 0.6) is 0 Å². The maximum Gasteiger partial charge on any atom is 0.407 e. The molecule has 1 aliphatic rings. The Morgan fingerprint density at radius 1 is 1.00 bits per heavy atom. The molecular formula is C26H21NO4. The Morgan fingerprint density at radius 3 is 2.29 bits per heavy atom. The van der Waals surface area contributed by atoms with E-state index < -0.39 is 12.1 Å². The van der Waals surface area contributed by atoms with Gasteiger partial charge in [-0.3, -0.25) is 0 Å². The van der Waals surface area contributed by atoms with Crippen molar-refractivity contribution in [1.29, 1.82) is 0 Å². The second-order valence-corrected chi connectivity index (χ2v) is 7.32. The van der Waals surface area contributed by atoms with E-state index in [9.17, 15) is 14.7 Å². The van der Waals surface area contributed by atoms with Gasteiger partial charge < -0.3 is 15.2 Å². The molecular weight excluding hydrogens is 390 g/mol. The maximum atomic E-state index is 12.1. The molecule has 5 nitrogen and oxygen atoms in total. The second-order valence-electron chi connectivity index (χ2n) is 7.32. The van der Waals surface area contributed by atoms with Gasteiger partial charge in [0, 0.05) is 11.5 Å². The molecule has 1 aliphatic carbocycles. The van der Waals surface area contributed by atoms with Crippen LogP contribution in [0, 0.1) is 18.8 Å². The molecule has 0 saturated carbocycles. The van der Waals surface area contributed by atoms with Gasteiger partial charge >= 0.3 is 12.1 Å². The van der Waals surface area contributed by atoms with Gasteiger partial charge in [0.05, 0.1) is 12.1 Å². The van der Waals surface area contributed by atoms with E-state index in [0.717, 1.165) is 11.1 Å². The summed E-state index contributed by atoms with van der Waals surface area (Å²) in [6.07, 6.45) is -0.536. The Kier molecular flexibility index (Phi) is 5.72. The first kappa shape index (κ1) is 20.2. The summed E-state index contributed by atoms with van der Waals surface area (Å²) in [5.41, 5.74) is 6.15. The number of fused-ring (bicyclic) bond motifs is 3. The van der Waals surface area contributed by atoms with Crippen LogP contribution in [0.4, 0.5) is 4.79 Å². The Labute approximate surface area is 180 Å². The third-order valence-electron chi connectivity index (χ3n) is 5.37. The highest BCUT2D eigenvalue weighted by Crippen LogP contribution is 2.44. The Hall–Kier alpha value is -4.04. The SMILES string of the molecule is Cc1ccc(C#CCNC(=O)OCC2c3ccccc3-c3ccccc32)cc1C(=O)O. The number of benzene rings is 3. The van der Waals surface area contributed by atoms with Gasteiger partial charge in [0.25, 0.3) is 0 Å². The number of carbonyl (C=O) groups excluding carboxylic acids is 1. The molecule has 0 atom stereocenters. The normalized spacial score (nSPS) is 11.6. The van der Waals surface area contributed by atoms with E-state index in [2.05, 4.69) is 41.4 Å². The molecule has 0 aliphatic heterocycles. The van der Waals surface area contributed by atoms with Crippen molar-refractivity contribution in [3.63, 3.8) is 0 Å². The lowest BCUT2D eigenvalue weighted by atomic mass is 9.98. The molecule has 0 bridgehead atoms. The lowest BCUT2D eigenvalue weighted by Crippen LogP contribution is -2.26. The highest BCUT2D eigenvalue weighted by atomic mass is 16.5. The van der Waals surface area contributed by atoms with E-state index in [1.807, 2.05) is 24.3 Å². The van der Waals surface area contributed by atoms with Crippen LogP contribution in [0.15, 0.2) is 66.7 Å². The Bertz CT molecular complexity index is 1170. The number of amides is 1. The van der Waals surface area contributed by atoms with E-state index in [4.69, 9.17) is 4.74 Å². The topological polar surface area (TPSA) is 75.6 Å². The standard InChI is InChI=1S/C26H21NO4/c1-17-12-13-18(15-23(17)25(28)29)7-6-14-27-26(30)31-16-24-21-10-4-2-8-19(21)20-9-3-5-11-22(20)24/h2-5,8-13,15,24H,14,16H2,1H3,(H,27,30)(H,28,29). The van der Waals surface area contributed by atoms with E-state index in [-0.39, 0.29) is 24.6 Å². The van der Waals surface area contributed by atoms with Crippen LogP contribution in [0.25, 0.3) is 11.1 Å². The molecule has 0 radical (unpaired) electrons. The molecule has 1 amide bonds. The summed E-state index contributed by atoms with van der Waals surface area (Å²) in [6.45, 7) is 2.08. The number of aryl methyl sites for hydroxylation is 1. The fourth-order valence-corrected chi connectivity index (χ4v) is 3.84. The molecule has 4 rings (SSSR count). The summed E-state index contributed by atoms with van der Waals surface area (Å²) in [7, 11) is 0. The first-order valence-electron chi connectivity index (χ1n) is 9.96. The minimum Gasteiger partial charge on any atom is -0.478 e. The van der Waals surface area contributed by atoms with Crippen molar-refractivity contribution in [2.75, 3.05) is 13.2 Å². The number of carboxylic acids is 1. The number of carbonyl (C=O) groups is 2. The van der Waals surface area contributed by atoms with Crippen molar-refractivity contribution in [2.45, 2.75) is 12.8 Å². The molecule has 0 saturated heterocycles. The average Bonchev–Trinajstić information content (AvgIpc) is 3.10. The fraction of sp³-hybridized carbons (Fsp3) is 0.154. The van der Waals surface area contributed by atoms with Gasteiger partial charge in [-0.15, -0.1) is 0 Å². The van der Waals surface area contributed by atoms with E-state index in [1.165, 1.54) is 17.2 Å². The monoisotopic (exact) mass is 411 g/mol. The molecule has 0 spiro atoms. The summed E-state index contributed by atoms with van der Waals surface area (Å²) in [4.78, 5) is 23.4. The summed E-state index contributed by atoms with van der Waals surface area (Å²) in [5, 5.41) is 11.8. The van der Waals surface area contributed by atoms with Gasteiger partial charge in [0.15, 0.2) is 0 Å². The fourth-order valence-electron chi connectivity index (χ4n) is 3.84. The number of carboxylic acid groups (broad SMARTS) is 1. The van der Waals surface area contributed by atoms with E-state index >= 15 is 0 Å². The summed E-state index contributed by atoms with van der Waals surface area (Å²) >= 11 is 0. The molecule has 3 aromatic rings. The number of ether oxygens (including phenoxy) is 1. The summed E-state index contributed by atoms with van der Waals surface area (Å²) < 4.78 is 5.46. The zero-order valence-electron chi connectivity index (χ0n) is 17.0. The number of aromatic carboxylic acids is 1. The third kappa shape index (κ3) is 4.29.